The van der Waals surface area contributed by atoms with Gasteiger partial charge in [0.1, 0.15) is 0 Å². The molecule has 5 aromatic rings. The van der Waals surface area contributed by atoms with E-state index in [0.29, 0.717) is 10.3 Å². The summed E-state index contributed by atoms with van der Waals surface area (Å²) in [5.41, 5.74) is 4.27. The second-order valence-electron chi connectivity index (χ2n) is 7.93. The molecule has 174 valence electrons. The number of carbonyl (C=O) groups excluding carboxylic acids is 1. The summed E-state index contributed by atoms with van der Waals surface area (Å²) in [6.07, 6.45) is 2.62. The fourth-order valence-electron chi connectivity index (χ4n) is 3.70. The minimum Gasteiger partial charge on any atom is -0.301 e. The number of para-hydroxylation sites is 1. The quantitative estimate of drug-likeness (QED) is 0.265. The van der Waals surface area contributed by atoms with Crippen molar-refractivity contribution in [2.45, 2.75) is 18.5 Å². The average Bonchev–Trinajstić information content (AvgIpc) is 3.51. The summed E-state index contributed by atoms with van der Waals surface area (Å²) in [6.45, 7) is 2.06. The predicted molar refractivity (Wildman–Crippen MR) is 142 cm³/mol. The van der Waals surface area contributed by atoms with Crippen LogP contribution in [0.5, 0.6) is 0 Å². The number of aromatic nitrogens is 4. The summed E-state index contributed by atoms with van der Waals surface area (Å²) in [5, 5.41) is 13.1. The maximum atomic E-state index is 12.7. The van der Waals surface area contributed by atoms with Gasteiger partial charge in [0.15, 0.2) is 16.1 Å². The third kappa shape index (κ3) is 5.50. The van der Waals surface area contributed by atoms with Crippen LogP contribution in [-0.4, -0.2) is 31.4 Å². The van der Waals surface area contributed by atoms with Gasteiger partial charge in [-0.15, -0.1) is 21.5 Å². The highest BCUT2D eigenvalue weighted by atomic mass is 32.2. The van der Waals surface area contributed by atoms with Crippen LogP contribution in [0.15, 0.2) is 96.3 Å². The number of carbonyl (C=O) groups is 1. The third-order valence-corrected chi connectivity index (χ3v) is 7.22. The van der Waals surface area contributed by atoms with E-state index in [1.165, 1.54) is 28.7 Å². The molecule has 3 aromatic carbocycles. The Balaban J connectivity index is 1.31. The molecule has 1 amide bonds. The number of anilines is 1. The number of nitrogens with one attached hydrogen (secondary N) is 1. The van der Waals surface area contributed by atoms with Gasteiger partial charge in [-0.3, -0.25) is 9.36 Å². The van der Waals surface area contributed by atoms with Crippen LogP contribution in [0.1, 0.15) is 16.0 Å². The lowest BCUT2D eigenvalue weighted by atomic mass is 10.1. The van der Waals surface area contributed by atoms with E-state index in [9.17, 15) is 4.79 Å². The summed E-state index contributed by atoms with van der Waals surface area (Å²) < 4.78 is 2.02. The van der Waals surface area contributed by atoms with Gasteiger partial charge in [0.25, 0.3) is 0 Å². The van der Waals surface area contributed by atoms with E-state index in [-0.39, 0.29) is 11.7 Å². The monoisotopic (exact) mass is 497 g/mol. The van der Waals surface area contributed by atoms with Crippen molar-refractivity contribution >= 4 is 34.1 Å². The minimum atomic E-state index is -0.129. The van der Waals surface area contributed by atoms with Gasteiger partial charge in [-0.05, 0) is 24.1 Å². The van der Waals surface area contributed by atoms with E-state index in [0.717, 1.165) is 33.9 Å². The summed E-state index contributed by atoms with van der Waals surface area (Å²) in [4.78, 5) is 18.2. The Morgan fingerprint density at radius 3 is 2.43 bits per heavy atom. The molecule has 0 saturated heterocycles. The van der Waals surface area contributed by atoms with Crippen molar-refractivity contribution in [2.75, 3.05) is 11.1 Å². The fraction of sp³-hybridized carbons (Fsp3) is 0.111. The average molecular weight is 498 g/mol. The molecule has 2 heterocycles. The smallest absolute Gasteiger partial charge is 0.236 e. The third-order valence-electron chi connectivity index (χ3n) is 5.38. The van der Waals surface area contributed by atoms with Crippen molar-refractivity contribution in [2.24, 2.45) is 0 Å². The molecule has 0 unspecified atom stereocenters. The number of hydrogen-bond donors (Lipinski definition) is 1. The molecule has 0 aliphatic heterocycles. The molecule has 0 saturated carbocycles. The minimum absolute atomic E-state index is 0.129. The number of nitrogens with zero attached hydrogens (tertiary/aromatic N) is 4. The van der Waals surface area contributed by atoms with Crippen molar-refractivity contribution in [1.82, 2.24) is 19.7 Å². The first kappa shape index (κ1) is 23.0. The maximum Gasteiger partial charge on any atom is 0.236 e. The highest BCUT2D eigenvalue weighted by molar-refractivity contribution is 7.99. The number of hydrogen-bond acceptors (Lipinski definition) is 6. The Bertz CT molecular complexity index is 1430. The van der Waals surface area contributed by atoms with Gasteiger partial charge in [-0.2, -0.15) is 0 Å². The number of benzene rings is 3. The van der Waals surface area contributed by atoms with Crippen molar-refractivity contribution in [1.29, 1.82) is 0 Å². The van der Waals surface area contributed by atoms with Crippen LogP contribution in [0.3, 0.4) is 0 Å². The standard InChI is InChI=1S/C27H23N5OS2/c1-19-10-8-9-15-23(19)32-25(21-13-6-3-7-14-21)30-31-27(32)34-18-24(33)29-26-28-17-22(35-26)16-20-11-4-2-5-12-20/h2-15,17H,16,18H2,1H3,(H,28,29,33). The number of aryl methyl sites for hydroxylation is 1. The Morgan fingerprint density at radius 1 is 0.943 bits per heavy atom. The molecule has 0 radical (unpaired) electrons. The van der Waals surface area contributed by atoms with Crippen LogP contribution < -0.4 is 5.32 Å². The van der Waals surface area contributed by atoms with Crippen LogP contribution in [0.4, 0.5) is 5.13 Å². The van der Waals surface area contributed by atoms with E-state index in [4.69, 9.17) is 0 Å². The predicted octanol–water partition coefficient (Wildman–Crippen LogP) is 6.02. The second-order valence-corrected chi connectivity index (χ2v) is 9.98. The molecule has 0 atom stereocenters. The Labute approximate surface area is 212 Å². The largest absolute Gasteiger partial charge is 0.301 e. The van der Waals surface area contributed by atoms with Crippen LogP contribution in [0.25, 0.3) is 17.1 Å². The maximum absolute atomic E-state index is 12.7. The van der Waals surface area contributed by atoms with Crippen molar-refractivity contribution in [3.8, 4) is 17.1 Å². The van der Waals surface area contributed by atoms with Gasteiger partial charge >= 0.3 is 0 Å². The molecule has 0 fully saturated rings. The molecule has 35 heavy (non-hydrogen) atoms. The molecule has 0 aliphatic carbocycles. The molecule has 6 nitrogen and oxygen atoms in total. The van der Waals surface area contributed by atoms with Crippen LogP contribution in [0.2, 0.25) is 0 Å². The van der Waals surface area contributed by atoms with Crippen LogP contribution >= 0.6 is 23.1 Å². The zero-order valence-corrected chi connectivity index (χ0v) is 20.7. The summed E-state index contributed by atoms with van der Waals surface area (Å²) >= 11 is 2.85. The summed E-state index contributed by atoms with van der Waals surface area (Å²) in [7, 11) is 0. The molecule has 1 N–H and O–H groups in total. The molecular formula is C27H23N5OS2. The van der Waals surface area contributed by atoms with Gasteiger partial charge in [0.2, 0.25) is 5.91 Å². The van der Waals surface area contributed by atoms with E-state index in [1.807, 2.05) is 77.5 Å². The first-order valence-corrected chi connectivity index (χ1v) is 13.0. The zero-order chi connectivity index (χ0) is 24.0. The first-order valence-electron chi connectivity index (χ1n) is 11.2. The lowest BCUT2D eigenvalue weighted by Gasteiger charge is -2.12. The van der Waals surface area contributed by atoms with E-state index in [1.54, 1.807) is 0 Å². The number of amides is 1. The molecular weight excluding hydrogens is 474 g/mol. The van der Waals surface area contributed by atoms with Crippen LogP contribution in [0, 0.1) is 6.92 Å². The first-order chi connectivity index (χ1) is 17.2. The molecule has 2 aromatic heterocycles. The van der Waals surface area contributed by atoms with Crippen molar-refractivity contribution in [3.63, 3.8) is 0 Å². The summed E-state index contributed by atoms with van der Waals surface area (Å²) in [6, 6.07) is 28.3. The molecule has 5 rings (SSSR count). The number of thioether (sulfide) groups is 1. The highest BCUT2D eigenvalue weighted by Gasteiger charge is 2.18. The molecule has 8 heteroatoms. The summed E-state index contributed by atoms with van der Waals surface area (Å²) in [5.74, 6) is 0.816. The normalized spacial score (nSPS) is 10.9. The van der Waals surface area contributed by atoms with Crippen LogP contribution in [-0.2, 0) is 11.2 Å². The van der Waals surface area contributed by atoms with Crippen molar-refractivity contribution in [3.05, 3.63) is 107 Å². The lowest BCUT2D eigenvalue weighted by molar-refractivity contribution is -0.113. The Morgan fingerprint density at radius 2 is 1.66 bits per heavy atom. The van der Waals surface area contributed by atoms with Gasteiger partial charge in [0, 0.05) is 23.1 Å². The van der Waals surface area contributed by atoms with E-state index < -0.39 is 0 Å². The molecule has 0 spiro atoms. The fourth-order valence-corrected chi connectivity index (χ4v) is 5.31. The molecule has 0 bridgehead atoms. The van der Waals surface area contributed by atoms with E-state index >= 15 is 0 Å². The Hall–Kier alpha value is -3.75. The van der Waals surface area contributed by atoms with Gasteiger partial charge in [-0.25, -0.2) is 4.98 Å². The molecule has 0 aliphatic rings. The zero-order valence-electron chi connectivity index (χ0n) is 19.1. The topological polar surface area (TPSA) is 72.7 Å². The lowest BCUT2D eigenvalue weighted by Crippen LogP contribution is -2.14. The Kier molecular flexibility index (Phi) is 7.02. The van der Waals surface area contributed by atoms with Gasteiger partial charge < -0.3 is 5.32 Å². The van der Waals surface area contributed by atoms with Gasteiger partial charge in [0.05, 0.1) is 11.4 Å². The van der Waals surface area contributed by atoms with Crippen molar-refractivity contribution < 1.29 is 4.79 Å². The number of thiazole rings is 1. The SMILES string of the molecule is Cc1ccccc1-n1c(SCC(=O)Nc2ncc(Cc3ccccc3)s2)nnc1-c1ccccc1. The number of rotatable bonds is 8. The second kappa shape index (κ2) is 10.7. The van der Waals surface area contributed by atoms with Gasteiger partial charge in [-0.1, -0.05) is 90.6 Å². The van der Waals surface area contributed by atoms with E-state index in [2.05, 4.69) is 45.6 Å². The highest BCUT2D eigenvalue weighted by Crippen LogP contribution is 2.29.